The first-order valence-electron chi connectivity index (χ1n) is 7.58. The maximum Gasteiger partial charge on any atom is 0.340 e. The number of carbonyl (C=O) groups is 1. The molecule has 1 unspecified atom stereocenters. The van der Waals surface area contributed by atoms with E-state index in [-0.39, 0.29) is 17.3 Å². The molecule has 0 saturated carbocycles. The Balaban J connectivity index is 0.00000118. The van der Waals surface area contributed by atoms with Gasteiger partial charge in [-0.1, -0.05) is 101 Å². The third kappa shape index (κ3) is 8.06. The molecular formula is C18H27Cl3O3. The van der Waals surface area contributed by atoms with Crippen molar-refractivity contribution in [3.63, 3.8) is 0 Å². The minimum Gasteiger partial charge on any atom is -0.479 e. The second-order valence-electron chi connectivity index (χ2n) is 7.98. The van der Waals surface area contributed by atoms with Crippen LogP contribution < -0.4 is 0 Å². The van der Waals surface area contributed by atoms with E-state index in [1.54, 1.807) is 12.1 Å². The van der Waals surface area contributed by atoms with Crippen molar-refractivity contribution in [2.75, 3.05) is 0 Å². The molecule has 0 aliphatic carbocycles. The molecule has 0 spiro atoms. The fourth-order valence-electron chi connectivity index (χ4n) is 2.31. The number of aliphatic hydroxyl groups is 1. The minimum atomic E-state index is -1.85. The summed E-state index contributed by atoms with van der Waals surface area (Å²) >= 11 is 14.4. The highest BCUT2D eigenvalue weighted by atomic mass is 35.6. The first-order chi connectivity index (χ1) is 10.6. The van der Waals surface area contributed by atoms with Gasteiger partial charge in [-0.15, -0.1) is 0 Å². The fourth-order valence-corrected chi connectivity index (χ4v) is 2.31. The molecule has 1 aromatic carbocycles. The highest BCUT2D eigenvalue weighted by Gasteiger charge is 2.41. The van der Waals surface area contributed by atoms with Gasteiger partial charge in [-0.3, -0.25) is 0 Å². The summed E-state index contributed by atoms with van der Waals surface area (Å²) in [7, 11) is 0. The largest absolute Gasteiger partial charge is 0.479 e. The zero-order valence-corrected chi connectivity index (χ0v) is 17.3. The van der Waals surface area contributed by atoms with E-state index in [2.05, 4.69) is 20.8 Å². The Morgan fingerprint density at radius 1 is 1.04 bits per heavy atom. The number of hydrogen-bond acceptors (Lipinski definition) is 2. The van der Waals surface area contributed by atoms with Crippen LogP contribution in [0, 0.1) is 5.41 Å². The van der Waals surface area contributed by atoms with Crippen molar-refractivity contribution in [2.45, 2.75) is 63.3 Å². The van der Waals surface area contributed by atoms with Gasteiger partial charge in [-0.05, 0) is 28.4 Å². The van der Waals surface area contributed by atoms with Crippen LogP contribution in [0.1, 0.15) is 59.1 Å². The summed E-state index contributed by atoms with van der Waals surface area (Å²) in [5, 5.41) is 20.2. The third-order valence-corrected chi connectivity index (χ3v) is 3.35. The van der Waals surface area contributed by atoms with Gasteiger partial charge in [-0.25, -0.2) is 4.79 Å². The van der Waals surface area contributed by atoms with E-state index in [0.29, 0.717) is 5.56 Å². The van der Waals surface area contributed by atoms with E-state index in [0.717, 1.165) is 5.56 Å². The number of benzene rings is 1. The maximum atomic E-state index is 11.6. The Morgan fingerprint density at radius 2 is 1.46 bits per heavy atom. The van der Waals surface area contributed by atoms with Gasteiger partial charge in [0.05, 0.1) is 0 Å². The van der Waals surface area contributed by atoms with Gasteiger partial charge in [0.2, 0.25) is 0 Å². The lowest BCUT2D eigenvalue weighted by Crippen LogP contribution is -2.39. The molecule has 0 saturated heterocycles. The molecule has 0 radical (unpaired) electrons. The van der Waals surface area contributed by atoms with Crippen molar-refractivity contribution in [1.29, 1.82) is 0 Å². The second kappa shape index (κ2) is 8.75. The average Bonchev–Trinajstić information content (AvgIpc) is 2.35. The molecule has 0 fully saturated rings. The molecular weight excluding hydrogens is 371 g/mol. The molecule has 0 amide bonds. The second-order valence-corrected chi connectivity index (χ2v) is 9.96. The highest BCUT2D eigenvalue weighted by Crippen LogP contribution is 2.36. The standard InChI is InChI=1S/C17H26O3.CHCl3/c1-15(2,3)11-17(20,14(18)19)13-9-7-8-12(10-13)16(4,5)6;2-1(3)4/h7-10,20H,11H2,1-6H3,(H,18,19);1H. The summed E-state index contributed by atoms with van der Waals surface area (Å²) < 4.78 is -0.750. The number of halogens is 3. The topological polar surface area (TPSA) is 57.5 Å². The number of carboxylic acids is 1. The molecule has 0 aliphatic rings. The molecule has 24 heavy (non-hydrogen) atoms. The first-order valence-corrected chi connectivity index (χ1v) is 8.89. The summed E-state index contributed by atoms with van der Waals surface area (Å²) in [6, 6.07) is 7.27. The van der Waals surface area contributed by atoms with Crippen molar-refractivity contribution in [2.24, 2.45) is 5.41 Å². The zero-order chi connectivity index (χ0) is 19.3. The molecule has 1 rings (SSSR count). The number of rotatable bonds is 3. The van der Waals surface area contributed by atoms with Crippen LogP contribution >= 0.6 is 34.8 Å². The van der Waals surface area contributed by atoms with Crippen LogP contribution in [-0.2, 0) is 15.8 Å². The van der Waals surface area contributed by atoms with Crippen molar-refractivity contribution in [1.82, 2.24) is 0 Å². The summed E-state index contributed by atoms with van der Waals surface area (Å²) in [5.74, 6) is -1.20. The molecule has 0 aromatic heterocycles. The van der Waals surface area contributed by atoms with E-state index >= 15 is 0 Å². The van der Waals surface area contributed by atoms with E-state index in [9.17, 15) is 15.0 Å². The van der Waals surface area contributed by atoms with Gasteiger partial charge in [0, 0.05) is 0 Å². The van der Waals surface area contributed by atoms with Crippen molar-refractivity contribution >= 4 is 40.8 Å². The van der Waals surface area contributed by atoms with Gasteiger partial charge in [0.15, 0.2) is 9.90 Å². The molecule has 6 heteroatoms. The molecule has 1 aromatic rings. The van der Waals surface area contributed by atoms with Crippen LogP contribution in [0.5, 0.6) is 0 Å². The number of hydrogen-bond donors (Lipinski definition) is 2. The van der Waals surface area contributed by atoms with Gasteiger partial charge >= 0.3 is 5.97 Å². The minimum absolute atomic E-state index is 0.0862. The van der Waals surface area contributed by atoms with Crippen LogP contribution in [0.4, 0.5) is 0 Å². The molecule has 1 atom stereocenters. The number of aliphatic carboxylic acids is 1. The molecule has 0 aliphatic heterocycles. The van der Waals surface area contributed by atoms with E-state index in [4.69, 9.17) is 34.8 Å². The van der Waals surface area contributed by atoms with Gasteiger partial charge in [-0.2, -0.15) is 0 Å². The maximum absolute atomic E-state index is 11.6. The summed E-state index contributed by atoms with van der Waals surface area (Å²) in [4.78, 5) is 11.6. The predicted octanol–water partition coefficient (Wildman–Crippen LogP) is 5.68. The predicted molar refractivity (Wildman–Crippen MR) is 102 cm³/mol. The summed E-state index contributed by atoms with van der Waals surface area (Å²) in [6.45, 7) is 12.0. The molecule has 2 N–H and O–H groups in total. The summed E-state index contributed by atoms with van der Waals surface area (Å²) in [6.07, 6.45) is 0.170. The van der Waals surface area contributed by atoms with Gasteiger partial charge < -0.3 is 10.2 Å². The van der Waals surface area contributed by atoms with E-state index in [1.165, 1.54) is 0 Å². The lowest BCUT2D eigenvalue weighted by Gasteiger charge is -2.32. The Kier molecular flexibility index (Phi) is 8.58. The monoisotopic (exact) mass is 396 g/mol. The van der Waals surface area contributed by atoms with Crippen molar-refractivity contribution in [3.05, 3.63) is 35.4 Å². The summed E-state index contributed by atoms with van der Waals surface area (Å²) in [5.41, 5.74) is -0.752. The molecule has 138 valence electrons. The molecule has 0 bridgehead atoms. The quantitative estimate of drug-likeness (QED) is 0.645. The Labute approximate surface area is 159 Å². The van der Waals surface area contributed by atoms with Gasteiger partial charge in [0.1, 0.15) is 0 Å². The molecule has 0 heterocycles. The third-order valence-electron chi connectivity index (χ3n) is 3.35. The number of alkyl halides is 3. The highest BCUT2D eigenvalue weighted by molar-refractivity contribution is 6.63. The lowest BCUT2D eigenvalue weighted by atomic mass is 9.76. The van der Waals surface area contributed by atoms with Crippen LogP contribution in [-0.4, -0.2) is 20.5 Å². The Hall–Kier alpha value is -0.480. The van der Waals surface area contributed by atoms with E-state index < -0.39 is 15.9 Å². The van der Waals surface area contributed by atoms with Crippen LogP contribution in [0.3, 0.4) is 0 Å². The van der Waals surface area contributed by atoms with Crippen LogP contribution in [0.15, 0.2) is 24.3 Å². The van der Waals surface area contributed by atoms with Crippen LogP contribution in [0.25, 0.3) is 0 Å². The van der Waals surface area contributed by atoms with Crippen molar-refractivity contribution < 1.29 is 15.0 Å². The fraction of sp³-hybridized carbons (Fsp3) is 0.611. The molecule has 3 nitrogen and oxygen atoms in total. The Morgan fingerprint density at radius 3 is 1.79 bits per heavy atom. The number of carboxylic acid groups (broad SMARTS) is 1. The smallest absolute Gasteiger partial charge is 0.340 e. The average molecular weight is 398 g/mol. The normalized spacial score (nSPS) is 14.6. The lowest BCUT2D eigenvalue weighted by molar-refractivity contribution is -0.163. The Bertz CT molecular complexity index is 542. The first kappa shape index (κ1) is 23.5. The van der Waals surface area contributed by atoms with Crippen molar-refractivity contribution in [3.8, 4) is 0 Å². The van der Waals surface area contributed by atoms with E-state index in [1.807, 2.05) is 32.9 Å². The SMILES string of the molecule is CC(C)(C)CC(O)(C(=O)O)c1cccc(C(C)(C)C)c1.ClC(Cl)Cl. The van der Waals surface area contributed by atoms with Crippen LogP contribution in [0.2, 0.25) is 0 Å². The van der Waals surface area contributed by atoms with Gasteiger partial charge in [0.25, 0.3) is 0 Å². The zero-order valence-electron chi connectivity index (χ0n) is 15.0.